The quantitative estimate of drug-likeness (QED) is 0.370. The zero-order valence-corrected chi connectivity index (χ0v) is 25.3. The average Bonchev–Trinajstić information content (AvgIpc) is 3.21. The summed E-state index contributed by atoms with van der Waals surface area (Å²) in [6.45, 7) is 2.19. The molecule has 2 saturated heterocycles. The van der Waals surface area contributed by atoms with Gasteiger partial charge in [0.1, 0.15) is 11.6 Å². The van der Waals surface area contributed by atoms with Gasteiger partial charge in [0.05, 0.1) is 48.1 Å². The SMILES string of the molecule is CN1CCC(C(C)(O)c2cc(F)c3c(c2)C(=O)N(Cc2ncc(Cl)cn2)[C@@]3(OCC2(F)COC2)c2ccc(Cl)cc2)CC1. The molecule has 0 spiro atoms. The number of hydrogen-bond donors (Lipinski definition) is 1. The summed E-state index contributed by atoms with van der Waals surface area (Å²) < 4.78 is 43.5. The molecular weight excluding hydrogens is 601 g/mol. The van der Waals surface area contributed by atoms with Crippen LogP contribution in [0.1, 0.15) is 52.6 Å². The van der Waals surface area contributed by atoms with Gasteiger partial charge in [-0.2, -0.15) is 0 Å². The van der Waals surface area contributed by atoms with Gasteiger partial charge >= 0.3 is 0 Å². The minimum absolute atomic E-state index is 0.00452. The summed E-state index contributed by atoms with van der Waals surface area (Å²) in [6.07, 6.45) is 4.22. The molecule has 0 radical (unpaired) electrons. The molecule has 2 fully saturated rings. The highest BCUT2D eigenvalue weighted by atomic mass is 35.5. The molecule has 1 amide bonds. The van der Waals surface area contributed by atoms with E-state index in [9.17, 15) is 9.90 Å². The van der Waals surface area contributed by atoms with Crippen molar-refractivity contribution < 1.29 is 28.2 Å². The number of nitrogens with zero attached hydrogens (tertiary/aromatic N) is 4. The lowest BCUT2D eigenvalue weighted by molar-refractivity contribution is -0.205. The van der Waals surface area contributed by atoms with Gasteiger partial charge in [0.2, 0.25) is 5.72 Å². The first-order valence-electron chi connectivity index (χ1n) is 14.1. The van der Waals surface area contributed by atoms with Crippen LogP contribution in [0.4, 0.5) is 8.78 Å². The number of rotatable bonds is 8. The monoisotopic (exact) mass is 632 g/mol. The number of likely N-dealkylation sites (tertiary alicyclic amines) is 1. The zero-order chi connectivity index (χ0) is 30.6. The molecule has 0 saturated carbocycles. The maximum absolute atomic E-state index is 16.7. The molecule has 0 aliphatic carbocycles. The van der Waals surface area contributed by atoms with Crippen molar-refractivity contribution in [3.63, 3.8) is 0 Å². The largest absolute Gasteiger partial charge is 0.385 e. The van der Waals surface area contributed by atoms with E-state index in [0.717, 1.165) is 13.1 Å². The molecule has 2 aromatic carbocycles. The fourth-order valence-electron chi connectivity index (χ4n) is 6.24. The fraction of sp³-hybridized carbons (Fsp3) is 0.452. The third kappa shape index (κ3) is 5.43. The molecule has 8 nitrogen and oxygen atoms in total. The first-order valence-corrected chi connectivity index (χ1v) is 14.9. The van der Waals surface area contributed by atoms with Crippen molar-refractivity contribution in [2.24, 2.45) is 5.92 Å². The molecule has 43 heavy (non-hydrogen) atoms. The van der Waals surface area contributed by atoms with E-state index in [1.165, 1.54) is 29.4 Å². The number of ether oxygens (including phenoxy) is 2. The van der Waals surface area contributed by atoms with Crippen LogP contribution in [0.15, 0.2) is 48.8 Å². The van der Waals surface area contributed by atoms with E-state index < -0.39 is 35.3 Å². The van der Waals surface area contributed by atoms with Crippen LogP contribution in [0.2, 0.25) is 10.0 Å². The Kier molecular flexibility index (Phi) is 7.98. The van der Waals surface area contributed by atoms with Gasteiger partial charge in [0.15, 0.2) is 5.67 Å². The number of fused-ring (bicyclic) bond motifs is 1. The van der Waals surface area contributed by atoms with Gasteiger partial charge in [-0.05, 0) is 75.6 Å². The highest BCUT2D eigenvalue weighted by molar-refractivity contribution is 6.30. The number of aromatic nitrogens is 2. The van der Waals surface area contributed by atoms with Gasteiger partial charge in [-0.1, -0.05) is 35.3 Å². The van der Waals surface area contributed by atoms with Crippen molar-refractivity contribution in [2.75, 3.05) is 40.0 Å². The second-order valence-electron chi connectivity index (χ2n) is 11.9. The van der Waals surface area contributed by atoms with Gasteiger partial charge in [-0.3, -0.25) is 9.69 Å². The number of carbonyl (C=O) groups excluding carboxylic acids is 1. The lowest BCUT2D eigenvalue weighted by Crippen LogP contribution is -2.54. The number of piperidine rings is 1. The Balaban J connectivity index is 1.51. The third-order valence-corrected chi connectivity index (χ3v) is 9.30. The Morgan fingerprint density at radius 1 is 1.12 bits per heavy atom. The Bertz CT molecular complexity index is 1510. The molecular formula is C31H32Cl2F2N4O4. The van der Waals surface area contributed by atoms with E-state index in [-0.39, 0.29) is 48.2 Å². The molecule has 228 valence electrons. The van der Waals surface area contributed by atoms with E-state index >= 15 is 8.78 Å². The Hall–Kier alpha value is -2.73. The molecule has 1 unspecified atom stereocenters. The maximum atomic E-state index is 16.7. The van der Waals surface area contributed by atoms with Crippen molar-refractivity contribution >= 4 is 29.1 Å². The van der Waals surface area contributed by atoms with Gasteiger partial charge in [0.25, 0.3) is 5.91 Å². The molecule has 12 heteroatoms. The molecule has 3 aromatic rings. The Morgan fingerprint density at radius 2 is 1.77 bits per heavy atom. The number of alkyl halides is 1. The molecule has 4 heterocycles. The van der Waals surface area contributed by atoms with Crippen LogP contribution in [0.25, 0.3) is 0 Å². The third-order valence-electron chi connectivity index (χ3n) is 8.85. The van der Waals surface area contributed by atoms with Gasteiger partial charge < -0.3 is 19.5 Å². The van der Waals surface area contributed by atoms with Gasteiger partial charge in [-0.25, -0.2) is 18.7 Å². The summed E-state index contributed by atoms with van der Waals surface area (Å²) in [6, 6.07) is 9.22. The first-order chi connectivity index (χ1) is 20.4. The summed E-state index contributed by atoms with van der Waals surface area (Å²) in [5.41, 5.74) is -4.56. The van der Waals surface area contributed by atoms with Crippen LogP contribution >= 0.6 is 23.2 Å². The molecule has 3 aliphatic heterocycles. The Labute approximate surface area is 258 Å². The lowest BCUT2D eigenvalue weighted by atomic mass is 9.76. The fourth-order valence-corrected chi connectivity index (χ4v) is 6.46. The average molecular weight is 634 g/mol. The minimum atomic E-state index is -1.91. The van der Waals surface area contributed by atoms with Crippen LogP contribution < -0.4 is 0 Å². The number of hydrogen-bond acceptors (Lipinski definition) is 7. The first kappa shape index (κ1) is 30.3. The molecule has 0 bridgehead atoms. The molecule has 3 aliphatic rings. The number of carbonyl (C=O) groups is 1. The van der Waals surface area contributed by atoms with Crippen LogP contribution in [0.3, 0.4) is 0 Å². The summed E-state index contributed by atoms with van der Waals surface area (Å²) >= 11 is 12.2. The topological polar surface area (TPSA) is 88.0 Å². The normalized spacial score (nSPS) is 23.6. The number of aliphatic hydroxyl groups is 1. The standard InChI is InChI=1S/C31H32Cl2F2N4O4/c1-29(41,19-7-9-38(2)10-8-19)21-11-24-27(25(34)12-21)31(20-3-5-22(32)6-4-20,43-18-30(35)16-42-17-30)39(28(24)40)15-26-36-13-23(33)14-37-26/h3-6,11-14,19,41H,7-10,15-18H2,1-2H3/t29?,31-/m1/s1. The number of benzene rings is 2. The van der Waals surface area contributed by atoms with Crippen molar-refractivity contribution in [1.82, 2.24) is 19.8 Å². The predicted molar refractivity (Wildman–Crippen MR) is 156 cm³/mol. The summed E-state index contributed by atoms with van der Waals surface area (Å²) in [7, 11) is 2.02. The highest BCUT2D eigenvalue weighted by Crippen LogP contribution is 2.50. The second-order valence-corrected chi connectivity index (χ2v) is 12.8. The Morgan fingerprint density at radius 3 is 2.37 bits per heavy atom. The van der Waals surface area contributed by atoms with E-state index in [1.807, 2.05) is 7.05 Å². The van der Waals surface area contributed by atoms with Gasteiger partial charge in [-0.15, -0.1) is 0 Å². The number of halogens is 4. The lowest BCUT2D eigenvalue weighted by Gasteiger charge is -2.42. The van der Waals surface area contributed by atoms with E-state index in [1.54, 1.807) is 31.2 Å². The highest BCUT2D eigenvalue weighted by Gasteiger charge is 2.56. The molecule has 2 atom stereocenters. The van der Waals surface area contributed by atoms with Crippen LogP contribution in [-0.4, -0.2) is 76.4 Å². The molecule has 6 rings (SSSR count). The molecule has 1 aromatic heterocycles. The van der Waals surface area contributed by atoms with Crippen molar-refractivity contribution in [1.29, 1.82) is 0 Å². The summed E-state index contributed by atoms with van der Waals surface area (Å²) in [5, 5.41) is 12.5. The van der Waals surface area contributed by atoms with Gasteiger partial charge in [0, 0.05) is 23.0 Å². The zero-order valence-electron chi connectivity index (χ0n) is 23.8. The van der Waals surface area contributed by atoms with Crippen molar-refractivity contribution in [2.45, 2.75) is 43.3 Å². The van der Waals surface area contributed by atoms with Crippen LogP contribution in [0.5, 0.6) is 0 Å². The second kappa shape index (κ2) is 11.3. The summed E-state index contributed by atoms with van der Waals surface area (Å²) in [5.74, 6) is -1.27. The van der Waals surface area contributed by atoms with Crippen molar-refractivity contribution in [3.05, 3.63) is 92.7 Å². The van der Waals surface area contributed by atoms with Crippen molar-refractivity contribution in [3.8, 4) is 0 Å². The molecule has 1 N–H and O–H groups in total. The van der Waals surface area contributed by atoms with Crippen LogP contribution in [-0.2, 0) is 27.3 Å². The van der Waals surface area contributed by atoms with E-state index in [2.05, 4.69) is 14.9 Å². The van der Waals surface area contributed by atoms with Crippen LogP contribution in [0, 0.1) is 11.7 Å². The van der Waals surface area contributed by atoms with E-state index in [4.69, 9.17) is 32.7 Å². The van der Waals surface area contributed by atoms with E-state index in [0.29, 0.717) is 28.5 Å². The maximum Gasteiger partial charge on any atom is 0.257 e. The predicted octanol–water partition coefficient (Wildman–Crippen LogP) is 5.08. The summed E-state index contributed by atoms with van der Waals surface area (Å²) in [4.78, 5) is 26.3. The minimum Gasteiger partial charge on any atom is -0.385 e. The number of amides is 1. The smallest absolute Gasteiger partial charge is 0.257 e.